The Morgan fingerprint density at radius 2 is 2.33 bits per heavy atom. The number of alkyl halides is 1. The van der Waals surface area contributed by atoms with Crippen LogP contribution in [-0.4, -0.2) is 22.6 Å². The minimum atomic E-state index is -0.950. The van der Waals surface area contributed by atoms with Gasteiger partial charge >= 0.3 is 0 Å². The van der Waals surface area contributed by atoms with Crippen LogP contribution in [0, 0.1) is 0 Å². The second-order valence-electron chi connectivity index (χ2n) is 2.05. The Morgan fingerprint density at radius 1 is 1.58 bits per heavy atom. The number of ketones is 1. The van der Waals surface area contributed by atoms with E-state index in [2.05, 4.69) is 14.7 Å². The van der Waals surface area contributed by atoms with E-state index in [9.17, 15) is 9.18 Å². The molecular weight excluding hydrogens is 163 g/mol. The third-order valence-corrected chi connectivity index (χ3v) is 1.19. The molecule has 0 aliphatic rings. The Bertz CT molecular complexity index is 273. The highest BCUT2D eigenvalue weighted by Gasteiger charge is 2.01. The van der Waals surface area contributed by atoms with Gasteiger partial charge in [0.15, 0.2) is 5.78 Å². The Balaban J connectivity index is 2.78. The monoisotopic (exact) mass is 170 g/mol. The summed E-state index contributed by atoms with van der Waals surface area (Å²) in [7, 11) is 0. The molecular formula is C7H7FN2O2. The Hall–Kier alpha value is -1.52. The van der Waals surface area contributed by atoms with Gasteiger partial charge in [0, 0.05) is 6.92 Å². The van der Waals surface area contributed by atoms with E-state index < -0.39 is 6.86 Å². The average molecular weight is 170 g/mol. The van der Waals surface area contributed by atoms with Crippen LogP contribution in [0.4, 0.5) is 4.39 Å². The third-order valence-electron chi connectivity index (χ3n) is 1.19. The highest BCUT2D eigenvalue weighted by Crippen LogP contribution is 2.03. The van der Waals surface area contributed by atoms with E-state index in [1.165, 1.54) is 19.3 Å². The van der Waals surface area contributed by atoms with Gasteiger partial charge in [-0.05, 0) is 0 Å². The van der Waals surface area contributed by atoms with E-state index in [1.54, 1.807) is 0 Å². The molecule has 0 spiro atoms. The summed E-state index contributed by atoms with van der Waals surface area (Å²) in [6.45, 7) is 0.424. The van der Waals surface area contributed by atoms with Crippen molar-refractivity contribution in [1.29, 1.82) is 0 Å². The van der Waals surface area contributed by atoms with Crippen molar-refractivity contribution < 1.29 is 13.9 Å². The smallest absolute Gasteiger partial charge is 0.234 e. The predicted molar refractivity (Wildman–Crippen MR) is 38.6 cm³/mol. The highest BCUT2D eigenvalue weighted by atomic mass is 19.1. The summed E-state index contributed by atoms with van der Waals surface area (Å²) in [4.78, 5) is 18.0. The van der Waals surface area contributed by atoms with Gasteiger partial charge in [0.25, 0.3) is 0 Å². The number of hydrogen-bond acceptors (Lipinski definition) is 4. The first-order chi connectivity index (χ1) is 5.74. The van der Waals surface area contributed by atoms with Crippen LogP contribution < -0.4 is 4.74 Å². The molecule has 0 radical (unpaired) electrons. The number of nitrogens with zero attached hydrogens (tertiary/aromatic N) is 2. The summed E-state index contributed by atoms with van der Waals surface area (Å²) in [6.07, 6.45) is 2.45. The molecule has 0 aliphatic carbocycles. The van der Waals surface area contributed by atoms with Crippen LogP contribution in [-0.2, 0) is 0 Å². The number of carbonyl (C=O) groups is 1. The fourth-order valence-corrected chi connectivity index (χ4v) is 0.628. The Morgan fingerprint density at radius 3 is 2.75 bits per heavy atom. The largest absolute Gasteiger partial charge is 0.445 e. The first kappa shape index (κ1) is 8.58. The molecule has 0 bridgehead atoms. The molecule has 1 rings (SSSR count). The molecule has 0 atom stereocenters. The highest BCUT2D eigenvalue weighted by molar-refractivity contribution is 5.91. The number of aromatic nitrogens is 2. The van der Waals surface area contributed by atoms with Crippen LogP contribution in [0.15, 0.2) is 12.4 Å². The van der Waals surface area contributed by atoms with E-state index in [4.69, 9.17) is 0 Å². The zero-order chi connectivity index (χ0) is 8.97. The first-order valence-corrected chi connectivity index (χ1v) is 3.26. The normalized spacial score (nSPS) is 9.50. The number of halogens is 1. The van der Waals surface area contributed by atoms with Gasteiger partial charge in [-0.1, -0.05) is 0 Å². The van der Waals surface area contributed by atoms with Crippen molar-refractivity contribution in [2.24, 2.45) is 0 Å². The lowest BCUT2D eigenvalue weighted by Crippen LogP contribution is -2.00. The zero-order valence-corrected chi connectivity index (χ0v) is 6.45. The molecule has 1 aromatic rings. The lowest BCUT2D eigenvalue weighted by molar-refractivity contribution is 0.101. The van der Waals surface area contributed by atoms with Gasteiger partial charge in [-0.15, -0.1) is 0 Å². The molecule has 0 aliphatic heterocycles. The lowest BCUT2D eigenvalue weighted by atomic mass is 10.3. The van der Waals surface area contributed by atoms with E-state index in [-0.39, 0.29) is 17.4 Å². The van der Waals surface area contributed by atoms with E-state index in [0.717, 1.165) is 0 Å². The summed E-state index contributed by atoms with van der Waals surface area (Å²) in [5, 5.41) is 0. The Labute approximate surface area is 68.4 Å². The van der Waals surface area contributed by atoms with Crippen molar-refractivity contribution in [3.8, 4) is 5.88 Å². The molecule has 0 N–H and O–H groups in total. The lowest BCUT2D eigenvalue weighted by Gasteiger charge is -1.98. The molecule has 12 heavy (non-hydrogen) atoms. The molecule has 0 amide bonds. The number of rotatable bonds is 3. The van der Waals surface area contributed by atoms with Gasteiger partial charge in [0.05, 0.1) is 12.4 Å². The maximum absolute atomic E-state index is 11.6. The van der Waals surface area contributed by atoms with E-state index in [0.29, 0.717) is 0 Å². The minimum absolute atomic E-state index is 0.0718. The topological polar surface area (TPSA) is 52.1 Å². The van der Waals surface area contributed by atoms with E-state index in [1.807, 2.05) is 0 Å². The van der Waals surface area contributed by atoms with Gasteiger partial charge in [-0.2, -0.15) is 0 Å². The van der Waals surface area contributed by atoms with Crippen molar-refractivity contribution in [2.75, 3.05) is 6.86 Å². The summed E-state index contributed by atoms with van der Waals surface area (Å²) in [5.41, 5.74) is 0.237. The van der Waals surface area contributed by atoms with Crippen molar-refractivity contribution in [3.63, 3.8) is 0 Å². The van der Waals surface area contributed by atoms with Gasteiger partial charge < -0.3 is 4.74 Å². The van der Waals surface area contributed by atoms with Crippen molar-refractivity contribution >= 4 is 5.78 Å². The molecule has 0 saturated carbocycles. The molecule has 1 aromatic heterocycles. The molecule has 4 nitrogen and oxygen atoms in total. The van der Waals surface area contributed by atoms with Crippen LogP contribution in [0.25, 0.3) is 0 Å². The van der Waals surface area contributed by atoms with Gasteiger partial charge in [0.1, 0.15) is 5.69 Å². The maximum atomic E-state index is 11.6. The van der Waals surface area contributed by atoms with Crippen LogP contribution in [0.1, 0.15) is 17.4 Å². The molecule has 5 heteroatoms. The molecule has 0 unspecified atom stereocenters. The number of ether oxygens (including phenoxy) is 1. The van der Waals surface area contributed by atoms with Crippen LogP contribution in [0.3, 0.4) is 0 Å². The Kier molecular flexibility index (Phi) is 2.68. The zero-order valence-electron chi connectivity index (χ0n) is 6.45. The van der Waals surface area contributed by atoms with Crippen LogP contribution in [0.5, 0.6) is 5.88 Å². The van der Waals surface area contributed by atoms with Crippen LogP contribution in [0.2, 0.25) is 0 Å². The summed E-state index contributed by atoms with van der Waals surface area (Å²) in [6, 6.07) is 0. The number of hydrogen-bond donors (Lipinski definition) is 0. The van der Waals surface area contributed by atoms with Gasteiger partial charge in [-0.25, -0.2) is 14.4 Å². The average Bonchev–Trinajstić information content (AvgIpc) is 2.06. The minimum Gasteiger partial charge on any atom is -0.445 e. The molecule has 64 valence electrons. The summed E-state index contributed by atoms with van der Waals surface area (Å²) < 4.78 is 16.0. The van der Waals surface area contributed by atoms with Gasteiger partial charge in [-0.3, -0.25) is 4.79 Å². The SMILES string of the molecule is CC(=O)c1cnc(OCF)cn1. The van der Waals surface area contributed by atoms with Crippen molar-refractivity contribution in [1.82, 2.24) is 9.97 Å². The molecule has 0 fully saturated rings. The van der Waals surface area contributed by atoms with Crippen LogP contribution >= 0.6 is 0 Å². The summed E-state index contributed by atoms with van der Waals surface area (Å²) >= 11 is 0. The fraction of sp³-hybridized carbons (Fsp3) is 0.286. The van der Waals surface area contributed by atoms with Gasteiger partial charge in [0.2, 0.25) is 12.7 Å². The van der Waals surface area contributed by atoms with Crippen molar-refractivity contribution in [2.45, 2.75) is 6.92 Å². The van der Waals surface area contributed by atoms with E-state index >= 15 is 0 Å². The molecule has 1 heterocycles. The maximum Gasteiger partial charge on any atom is 0.234 e. The second-order valence-corrected chi connectivity index (χ2v) is 2.05. The molecule has 0 saturated heterocycles. The summed E-state index contributed by atoms with van der Waals surface area (Å²) in [5.74, 6) is -0.114. The first-order valence-electron chi connectivity index (χ1n) is 3.26. The second kappa shape index (κ2) is 3.75. The third kappa shape index (κ3) is 1.98. The fourth-order valence-electron chi connectivity index (χ4n) is 0.628. The quantitative estimate of drug-likeness (QED) is 0.634. The molecule has 0 aromatic carbocycles. The number of Topliss-reactive ketones (excluding diaryl/α,β-unsaturated/α-hetero) is 1. The standard InChI is InChI=1S/C7H7FN2O2/c1-5(11)6-2-10-7(3-9-6)12-4-8/h2-3H,4H2,1H3. The predicted octanol–water partition coefficient (Wildman–Crippen LogP) is 0.985. The van der Waals surface area contributed by atoms with Crippen molar-refractivity contribution in [3.05, 3.63) is 18.1 Å². The number of carbonyl (C=O) groups excluding carboxylic acids is 1.